The van der Waals surface area contributed by atoms with E-state index in [9.17, 15) is 0 Å². The van der Waals surface area contributed by atoms with E-state index in [-0.39, 0.29) is 5.38 Å². The van der Waals surface area contributed by atoms with Crippen LogP contribution in [-0.4, -0.2) is 22.1 Å². The second-order valence-electron chi connectivity index (χ2n) is 3.25. The summed E-state index contributed by atoms with van der Waals surface area (Å²) in [5.74, 6) is 1.24. The normalized spacial score (nSPS) is 12.9. The summed E-state index contributed by atoms with van der Waals surface area (Å²) < 4.78 is 0. The fourth-order valence-electron chi connectivity index (χ4n) is 0.834. The highest BCUT2D eigenvalue weighted by Crippen LogP contribution is 2.09. The Bertz CT molecular complexity index is 238. The van der Waals surface area contributed by atoms with Crippen molar-refractivity contribution in [3.8, 4) is 0 Å². The molecule has 72 valence electrons. The number of hydrogen-bond acceptors (Lipinski definition) is 3. The van der Waals surface area contributed by atoms with Gasteiger partial charge in [-0.05, 0) is 18.1 Å². The third-order valence-electron chi connectivity index (χ3n) is 1.77. The van der Waals surface area contributed by atoms with Gasteiger partial charge in [0.15, 0.2) is 0 Å². The fraction of sp³-hybridized carbons (Fsp3) is 0.556. The molecule has 1 unspecified atom stereocenters. The van der Waals surface area contributed by atoms with E-state index in [1.54, 1.807) is 6.20 Å². The minimum absolute atomic E-state index is 0.127. The summed E-state index contributed by atoms with van der Waals surface area (Å²) in [6, 6.07) is 3.71. The number of aromatic nitrogens is 2. The van der Waals surface area contributed by atoms with Crippen LogP contribution in [0.2, 0.25) is 0 Å². The van der Waals surface area contributed by atoms with Gasteiger partial charge in [-0.1, -0.05) is 13.8 Å². The molecule has 0 saturated carbocycles. The van der Waals surface area contributed by atoms with Gasteiger partial charge in [0.1, 0.15) is 5.82 Å². The second kappa shape index (κ2) is 5.02. The maximum Gasteiger partial charge on any atom is 0.148 e. The van der Waals surface area contributed by atoms with Gasteiger partial charge in [-0.2, -0.15) is 5.10 Å². The maximum absolute atomic E-state index is 6.05. The molecule has 0 aliphatic rings. The molecule has 1 rings (SSSR count). The summed E-state index contributed by atoms with van der Waals surface area (Å²) >= 11 is 6.05. The Morgan fingerprint density at radius 2 is 2.31 bits per heavy atom. The van der Waals surface area contributed by atoms with E-state index >= 15 is 0 Å². The molecule has 0 amide bonds. The van der Waals surface area contributed by atoms with Crippen LogP contribution in [-0.2, 0) is 0 Å². The summed E-state index contributed by atoms with van der Waals surface area (Å²) in [5.41, 5.74) is 0. The summed E-state index contributed by atoms with van der Waals surface area (Å²) in [6.07, 6.45) is 1.64. The fourth-order valence-corrected chi connectivity index (χ4v) is 0.911. The van der Waals surface area contributed by atoms with Crippen molar-refractivity contribution in [1.29, 1.82) is 0 Å². The minimum atomic E-state index is 0.127. The Morgan fingerprint density at radius 1 is 1.54 bits per heavy atom. The molecule has 4 heteroatoms. The number of hydrogen-bond donors (Lipinski definition) is 1. The molecule has 0 bridgehead atoms. The lowest BCUT2D eigenvalue weighted by Crippen LogP contribution is -2.20. The van der Waals surface area contributed by atoms with Gasteiger partial charge >= 0.3 is 0 Å². The Morgan fingerprint density at radius 3 is 2.85 bits per heavy atom. The van der Waals surface area contributed by atoms with Crippen LogP contribution in [0.3, 0.4) is 0 Å². The van der Waals surface area contributed by atoms with Gasteiger partial charge in [-0.3, -0.25) is 0 Å². The molecular formula is C9H14ClN3. The molecule has 0 aliphatic carbocycles. The molecule has 0 fully saturated rings. The standard InChI is InChI=1S/C9H14ClN3/c1-7(2)8(10)6-11-9-4-3-5-12-13-9/h3-5,7-8H,6H2,1-2H3,(H,11,13). The van der Waals surface area contributed by atoms with E-state index in [4.69, 9.17) is 11.6 Å². The number of nitrogens with zero attached hydrogens (tertiary/aromatic N) is 2. The average Bonchev–Trinajstić information content (AvgIpc) is 2.15. The molecule has 1 atom stereocenters. The van der Waals surface area contributed by atoms with Crippen molar-refractivity contribution >= 4 is 17.4 Å². The summed E-state index contributed by atoms with van der Waals surface area (Å²) in [6.45, 7) is 4.91. The van der Waals surface area contributed by atoms with Gasteiger partial charge in [0.25, 0.3) is 0 Å². The number of nitrogens with one attached hydrogen (secondary N) is 1. The van der Waals surface area contributed by atoms with Gasteiger partial charge < -0.3 is 5.32 Å². The first-order chi connectivity index (χ1) is 6.20. The summed E-state index contributed by atoms with van der Waals surface area (Å²) in [4.78, 5) is 0. The van der Waals surface area contributed by atoms with Crippen LogP contribution >= 0.6 is 11.6 Å². The van der Waals surface area contributed by atoms with Crippen molar-refractivity contribution in [3.05, 3.63) is 18.3 Å². The maximum atomic E-state index is 6.05. The number of rotatable bonds is 4. The van der Waals surface area contributed by atoms with Crippen LogP contribution in [0.25, 0.3) is 0 Å². The van der Waals surface area contributed by atoms with Crippen molar-refractivity contribution in [1.82, 2.24) is 10.2 Å². The zero-order chi connectivity index (χ0) is 9.68. The zero-order valence-corrected chi connectivity index (χ0v) is 8.62. The average molecular weight is 200 g/mol. The molecule has 0 radical (unpaired) electrons. The van der Waals surface area contributed by atoms with Gasteiger partial charge in [0.2, 0.25) is 0 Å². The van der Waals surface area contributed by atoms with Gasteiger partial charge in [-0.25, -0.2) is 0 Å². The largest absolute Gasteiger partial charge is 0.367 e. The van der Waals surface area contributed by atoms with Gasteiger partial charge in [0.05, 0.1) is 5.38 Å². The van der Waals surface area contributed by atoms with Gasteiger partial charge in [-0.15, -0.1) is 16.7 Å². The first kappa shape index (κ1) is 10.3. The molecular weight excluding hydrogens is 186 g/mol. The topological polar surface area (TPSA) is 37.8 Å². The van der Waals surface area contributed by atoms with Crippen LogP contribution in [0.1, 0.15) is 13.8 Å². The number of halogens is 1. The smallest absolute Gasteiger partial charge is 0.148 e. The Hall–Kier alpha value is -0.830. The minimum Gasteiger partial charge on any atom is -0.367 e. The molecule has 1 heterocycles. The zero-order valence-electron chi connectivity index (χ0n) is 7.87. The van der Waals surface area contributed by atoms with Crippen molar-refractivity contribution in [3.63, 3.8) is 0 Å². The molecule has 0 spiro atoms. The first-order valence-electron chi connectivity index (χ1n) is 4.36. The van der Waals surface area contributed by atoms with E-state index in [1.807, 2.05) is 12.1 Å². The first-order valence-corrected chi connectivity index (χ1v) is 4.79. The number of anilines is 1. The SMILES string of the molecule is CC(C)C(Cl)CNc1cccnn1. The predicted molar refractivity (Wildman–Crippen MR) is 55.0 cm³/mol. The monoisotopic (exact) mass is 199 g/mol. The van der Waals surface area contributed by atoms with Crippen LogP contribution in [0, 0.1) is 5.92 Å². The predicted octanol–water partition coefficient (Wildman–Crippen LogP) is 2.15. The lowest BCUT2D eigenvalue weighted by molar-refractivity contribution is 0.615. The quantitative estimate of drug-likeness (QED) is 0.756. The van der Waals surface area contributed by atoms with Crippen molar-refractivity contribution < 1.29 is 0 Å². The molecule has 1 N–H and O–H groups in total. The van der Waals surface area contributed by atoms with Gasteiger partial charge in [0, 0.05) is 12.7 Å². The van der Waals surface area contributed by atoms with Crippen LogP contribution in [0.5, 0.6) is 0 Å². The Kier molecular flexibility index (Phi) is 3.96. The molecule has 0 aliphatic heterocycles. The summed E-state index contributed by atoms with van der Waals surface area (Å²) in [5, 5.41) is 10.9. The highest BCUT2D eigenvalue weighted by atomic mass is 35.5. The molecule has 1 aromatic heterocycles. The van der Waals surface area contributed by atoms with E-state index in [2.05, 4.69) is 29.4 Å². The van der Waals surface area contributed by atoms with Crippen LogP contribution in [0.15, 0.2) is 18.3 Å². The van der Waals surface area contributed by atoms with E-state index < -0.39 is 0 Å². The number of alkyl halides is 1. The lowest BCUT2D eigenvalue weighted by Gasteiger charge is -2.13. The van der Waals surface area contributed by atoms with Crippen LogP contribution < -0.4 is 5.32 Å². The summed E-state index contributed by atoms with van der Waals surface area (Å²) in [7, 11) is 0. The van der Waals surface area contributed by atoms with E-state index in [0.717, 1.165) is 12.4 Å². The van der Waals surface area contributed by atoms with Crippen molar-refractivity contribution in [2.45, 2.75) is 19.2 Å². The van der Waals surface area contributed by atoms with E-state index in [0.29, 0.717) is 5.92 Å². The molecule has 3 nitrogen and oxygen atoms in total. The molecule has 0 aromatic carbocycles. The Balaban J connectivity index is 2.35. The van der Waals surface area contributed by atoms with Crippen molar-refractivity contribution in [2.75, 3.05) is 11.9 Å². The van der Waals surface area contributed by atoms with E-state index in [1.165, 1.54) is 0 Å². The third-order valence-corrected chi connectivity index (χ3v) is 2.43. The lowest BCUT2D eigenvalue weighted by atomic mass is 10.1. The van der Waals surface area contributed by atoms with Crippen LogP contribution in [0.4, 0.5) is 5.82 Å². The van der Waals surface area contributed by atoms with Crippen molar-refractivity contribution in [2.24, 2.45) is 5.92 Å². The highest BCUT2D eigenvalue weighted by Gasteiger charge is 2.08. The highest BCUT2D eigenvalue weighted by molar-refractivity contribution is 6.21. The second-order valence-corrected chi connectivity index (χ2v) is 3.81. The molecule has 13 heavy (non-hydrogen) atoms. The molecule has 1 aromatic rings. The Labute approximate surface area is 83.5 Å². The molecule has 0 saturated heterocycles. The third kappa shape index (κ3) is 3.59.